The van der Waals surface area contributed by atoms with Crippen LogP contribution in [0.2, 0.25) is 0 Å². The Labute approximate surface area is 171 Å². The van der Waals surface area contributed by atoms with Crippen LogP contribution >= 0.6 is 0 Å². The third-order valence-electron chi connectivity index (χ3n) is 6.41. The maximum Gasteiger partial charge on any atom is 0.322 e. The Morgan fingerprint density at radius 1 is 1.21 bits per heavy atom. The highest BCUT2D eigenvalue weighted by molar-refractivity contribution is 6.06. The quantitative estimate of drug-likeness (QED) is 0.514. The van der Waals surface area contributed by atoms with Gasteiger partial charge in [0.05, 0.1) is 12.5 Å². The number of carbonyl (C=O) groups is 4. The fourth-order valence-electron chi connectivity index (χ4n) is 4.34. The summed E-state index contributed by atoms with van der Waals surface area (Å²) in [6.07, 6.45) is 5.99. The molecule has 2 saturated heterocycles. The molecular weight excluding hydrogens is 376 g/mol. The van der Waals surface area contributed by atoms with Crippen LogP contribution in [0.3, 0.4) is 0 Å². The molecule has 3 atom stereocenters. The minimum absolute atomic E-state index is 0.129. The Hall–Kier alpha value is -2.16. The van der Waals surface area contributed by atoms with Crippen molar-refractivity contribution in [3.8, 4) is 0 Å². The van der Waals surface area contributed by atoms with E-state index in [0.29, 0.717) is 19.6 Å². The lowest BCUT2D eigenvalue weighted by Gasteiger charge is -2.41. The number of urea groups is 1. The van der Waals surface area contributed by atoms with Gasteiger partial charge in [-0.1, -0.05) is 19.8 Å². The van der Waals surface area contributed by atoms with Gasteiger partial charge in [-0.05, 0) is 39.0 Å². The molecule has 0 aromatic carbocycles. The summed E-state index contributed by atoms with van der Waals surface area (Å²) in [4.78, 5) is 51.3. The average molecular weight is 408 g/mol. The zero-order valence-corrected chi connectivity index (χ0v) is 17.3. The Morgan fingerprint density at radius 2 is 1.93 bits per heavy atom. The van der Waals surface area contributed by atoms with Crippen LogP contribution in [0, 0.1) is 0 Å². The molecule has 3 fully saturated rings. The van der Waals surface area contributed by atoms with Crippen molar-refractivity contribution in [3.63, 3.8) is 0 Å². The number of hydrogen-bond donors (Lipinski definition) is 3. The van der Waals surface area contributed by atoms with Crippen LogP contribution < -0.4 is 16.0 Å². The number of amides is 5. The van der Waals surface area contributed by atoms with E-state index >= 15 is 0 Å². The Morgan fingerprint density at radius 3 is 2.48 bits per heavy atom. The first-order valence-corrected chi connectivity index (χ1v) is 10.7. The molecule has 3 N–H and O–H groups in total. The molecule has 0 aromatic rings. The predicted molar refractivity (Wildman–Crippen MR) is 105 cm³/mol. The van der Waals surface area contributed by atoms with E-state index in [1.54, 1.807) is 11.8 Å². The first-order valence-electron chi connectivity index (χ1n) is 10.7. The van der Waals surface area contributed by atoms with E-state index in [4.69, 9.17) is 4.74 Å². The molecule has 162 valence electrons. The molecule has 3 aliphatic rings. The summed E-state index contributed by atoms with van der Waals surface area (Å²) in [5.41, 5.74) is -1.05. The van der Waals surface area contributed by atoms with E-state index < -0.39 is 23.5 Å². The van der Waals surface area contributed by atoms with Crippen molar-refractivity contribution in [2.75, 3.05) is 13.2 Å². The van der Waals surface area contributed by atoms with E-state index in [2.05, 4.69) is 16.0 Å². The first kappa shape index (κ1) is 21.5. The summed E-state index contributed by atoms with van der Waals surface area (Å²) >= 11 is 0. The van der Waals surface area contributed by atoms with Gasteiger partial charge in [0, 0.05) is 19.2 Å². The Kier molecular flexibility index (Phi) is 6.77. The lowest BCUT2D eigenvalue weighted by Crippen LogP contribution is -2.61. The highest BCUT2D eigenvalue weighted by Crippen LogP contribution is 2.27. The molecule has 0 bridgehead atoms. The van der Waals surface area contributed by atoms with Crippen molar-refractivity contribution in [3.05, 3.63) is 0 Å². The standard InChI is InChI=1S/C20H32N4O5/c1-3-20(2,18(27)21-13-7-4-5-8-13)24(12-14-9-6-10-29-14)16(25)11-15-17(26)23-19(28)22-15/h13-15H,3-12H2,1-2H3,(H,21,27)(H2,22,23,26,28)/t14-,15-,20-/m1/s1. The lowest BCUT2D eigenvalue weighted by molar-refractivity contribution is -0.150. The van der Waals surface area contributed by atoms with Crippen LogP contribution in [-0.2, 0) is 19.1 Å². The van der Waals surface area contributed by atoms with Crippen molar-refractivity contribution in [1.82, 2.24) is 20.9 Å². The van der Waals surface area contributed by atoms with Crippen molar-refractivity contribution in [2.45, 2.75) is 88.9 Å². The summed E-state index contributed by atoms with van der Waals surface area (Å²) in [5, 5.41) is 7.72. The number of imide groups is 1. The van der Waals surface area contributed by atoms with E-state index in [1.165, 1.54) is 0 Å². The topological polar surface area (TPSA) is 117 Å². The minimum atomic E-state index is -1.05. The summed E-state index contributed by atoms with van der Waals surface area (Å²) in [6, 6.07) is -1.37. The minimum Gasteiger partial charge on any atom is -0.376 e. The van der Waals surface area contributed by atoms with Crippen LogP contribution in [0.1, 0.15) is 65.2 Å². The molecule has 1 saturated carbocycles. The Balaban J connectivity index is 1.77. The molecule has 0 radical (unpaired) electrons. The molecule has 9 heteroatoms. The fourth-order valence-corrected chi connectivity index (χ4v) is 4.34. The highest BCUT2D eigenvalue weighted by atomic mass is 16.5. The van der Waals surface area contributed by atoms with Crippen molar-refractivity contribution in [2.24, 2.45) is 0 Å². The van der Waals surface area contributed by atoms with E-state index in [9.17, 15) is 19.2 Å². The van der Waals surface area contributed by atoms with Gasteiger partial charge in [-0.15, -0.1) is 0 Å². The van der Waals surface area contributed by atoms with Gasteiger partial charge in [0.15, 0.2) is 0 Å². The monoisotopic (exact) mass is 408 g/mol. The zero-order chi connectivity index (χ0) is 21.0. The molecule has 3 rings (SSSR count). The largest absolute Gasteiger partial charge is 0.376 e. The van der Waals surface area contributed by atoms with Gasteiger partial charge < -0.3 is 20.3 Å². The summed E-state index contributed by atoms with van der Waals surface area (Å²) < 4.78 is 5.72. The molecular formula is C20H32N4O5. The summed E-state index contributed by atoms with van der Waals surface area (Å²) in [7, 11) is 0. The third kappa shape index (κ3) is 4.88. The van der Waals surface area contributed by atoms with Crippen molar-refractivity contribution >= 4 is 23.8 Å². The van der Waals surface area contributed by atoms with Crippen LogP contribution in [0.25, 0.3) is 0 Å². The molecule has 29 heavy (non-hydrogen) atoms. The highest BCUT2D eigenvalue weighted by Gasteiger charge is 2.44. The predicted octanol–water partition coefficient (Wildman–Crippen LogP) is 0.820. The fraction of sp³-hybridized carbons (Fsp3) is 0.800. The number of nitrogens with zero attached hydrogens (tertiary/aromatic N) is 1. The third-order valence-corrected chi connectivity index (χ3v) is 6.41. The van der Waals surface area contributed by atoms with Crippen molar-refractivity contribution < 1.29 is 23.9 Å². The van der Waals surface area contributed by atoms with Gasteiger partial charge in [0.25, 0.3) is 5.91 Å². The Bertz CT molecular complexity index is 657. The SMILES string of the molecule is CC[C@](C)(C(=O)NC1CCCC1)N(C[C@H]1CCCO1)C(=O)C[C@H]1NC(=O)NC1=O. The molecule has 5 amide bonds. The van der Waals surface area contributed by atoms with Gasteiger partial charge in [0.2, 0.25) is 11.8 Å². The van der Waals surface area contributed by atoms with Gasteiger partial charge in [-0.25, -0.2) is 4.79 Å². The number of nitrogens with one attached hydrogen (secondary N) is 3. The molecule has 0 unspecified atom stereocenters. The van der Waals surface area contributed by atoms with Crippen molar-refractivity contribution in [1.29, 1.82) is 0 Å². The number of hydrogen-bond acceptors (Lipinski definition) is 5. The van der Waals surface area contributed by atoms with Crippen LogP contribution in [0.15, 0.2) is 0 Å². The number of ether oxygens (including phenoxy) is 1. The van der Waals surface area contributed by atoms with Gasteiger partial charge in [-0.3, -0.25) is 19.7 Å². The zero-order valence-electron chi connectivity index (χ0n) is 17.3. The lowest BCUT2D eigenvalue weighted by atomic mass is 9.92. The molecule has 2 heterocycles. The number of rotatable bonds is 8. The normalized spacial score (nSPS) is 26.7. The second-order valence-electron chi connectivity index (χ2n) is 8.44. The molecule has 2 aliphatic heterocycles. The van der Waals surface area contributed by atoms with E-state index in [1.807, 2.05) is 6.92 Å². The van der Waals surface area contributed by atoms with Gasteiger partial charge in [-0.2, -0.15) is 0 Å². The second-order valence-corrected chi connectivity index (χ2v) is 8.44. The first-order chi connectivity index (χ1) is 13.8. The second kappa shape index (κ2) is 9.11. The van der Waals surface area contributed by atoms with Crippen LogP contribution in [0.5, 0.6) is 0 Å². The molecule has 0 spiro atoms. The van der Waals surface area contributed by atoms with Crippen LogP contribution in [0.4, 0.5) is 4.79 Å². The summed E-state index contributed by atoms with van der Waals surface area (Å²) in [6.45, 7) is 4.60. The van der Waals surface area contributed by atoms with Gasteiger partial charge >= 0.3 is 6.03 Å². The smallest absolute Gasteiger partial charge is 0.322 e. The number of carbonyl (C=O) groups excluding carboxylic acids is 4. The van der Waals surface area contributed by atoms with Crippen LogP contribution in [-0.4, -0.2) is 65.5 Å². The molecule has 9 nitrogen and oxygen atoms in total. The van der Waals surface area contributed by atoms with Gasteiger partial charge in [0.1, 0.15) is 11.6 Å². The average Bonchev–Trinajstić information content (AvgIpc) is 3.43. The molecule has 0 aromatic heterocycles. The maximum absolute atomic E-state index is 13.2. The summed E-state index contributed by atoms with van der Waals surface area (Å²) in [5.74, 6) is -1.03. The van der Waals surface area contributed by atoms with E-state index in [-0.39, 0.29) is 30.4 Å². The van der Waals surface area contributed by atoms with E-state index in [0.717, 1.165) is 38.5 Å². The maximum atomic E-state index is 13.2. The molecule has 1 aliphatic carbocycles.